The van der Waals surface area contributed by atoms with Crippen LogP contribution >= 0.6 is 0 Å². The summed E-state index contributed by atoms with van der Waals surface area (Å²) in [6.07, 6.45) is 0. The molecule has 18 heavy (non-hydrogen) atoms. The SMILES string of the molecule is CC(C)NC(=O)COc1ccc(N)c(C(=O)O)c1. The standard InChI is InChI=1S/C12H16N2O4/c1-7(2)14-11(15)6-18-8-3-4-10(13)9(5-8)12(16)17/h3-5,7H,6,13H2,1-2H3,(H,14,15)(H,16,17). The number of carboxylic acids is 1. The van der Waals surface area contributed by atoms with Gasteiger partial charge in [0.15, 0.2) is 6.61 Å². The number of carbonyl (C=O) groups is 2. The molecule has 0 heterocycles. The van der Waals surface area contributed by atoms with Crippen molar-refractivity contribution in [1.82, 2.24) is 5.32 Å². The Labute approximate surface area is 105 Å². The van der Waals surface area contributed by atoms with Gasteiger partial charge in [0.1, 0.15) is 5.75 Å². The van der Waals surface area contributed by atoms with E-state index in [-0.39, 0.29) is 29.8 Å². The largest absolute Gasteiger partial charge is 0.484 e. The number of carbonyl (C=O) groups excluding carboxylic acids is 1. The van der Waals surface area contributed by atoms with E-state index >= 15 is 0 Å². The van der Waals surface area contributed by atoms with E-state index in [9.17, 15) is 9.59 Å². The Hall–Kier alpha value is -2.24. The molecule has 0 spiro atoms. The highest BCUT2D eigenvalue weighted by Crippen LogP contribution is 2.19. The number of nitrogens with one attached hydrogen (secondary N) is 1. The highest BCUT2D eigenvalue weighted by molar-refractivity contribution is 5.94. The van der Waals surface area contributed by atoms with Crippen molar-refractivity contribution in [3.8, 4) is 5.75 Å². The number of nitrogens with two attached hydrogens (primary N) is 1. The molecule has 0 saturated heterocycles. The fourth-order valence-electron chi connectivity index (χ4n) is 1.32. The van der Waals surface area contributed by atoms with Crippen LogP contribution in [0.3, 0.4) is 0 Å². The van der Waals surface area contributed by atoms with Crippen molar-refractivity contribution in [3.63, 3.8) is 0 Å². The summed E-state index contributed by atoms with van der Waals surface area (Å²) < 4.78 is 5.18. The third kappa shape index (κ3) is 3.97. The zero-order valence-corrected chi connectivity index (χ0v) is 10.3. The lowest BCUT2D eigenvalue weighted by Crippen LogP contribution is -2.34. The monoisotopic (exact) mass is 252 g/mol. The molecule has 1 amide bonds. The molecule has 0 aliphatic rings. The second-order valence-corrected chi connectivity index (χ2v) is 4.07. The van der Waals surface area contributed by atoms with Crippen LogP contribution < -0.4 is 15.8 Å². The van der Waals surface area contributed by atoms with Gasteiger partial charge in [-0.1, -0.05) is 0 Å². The molecule has 4 N–H and O–H groups in total. The molecule has 0 radical (unpaired) electrons. The maximum atomic E-state index is 11.3. The molecule has 0 fully saturated rings. The summed E-state index contributed by atoms with van der Waals surface area (Å²) in [5.41, 5.74) is 5.61. The molecular weight excluding hydrogens is 236 g/mol. The van der Waals surface area contributed by atoms with Gasteiger partial charge in [-0.2, -0.15) is 0 Å². The van der Waals surface area contributed by atoms with E-state index in [4.69, 9.17) is 15.6 Å². The highest BCUT2D eigenvalue weighted by atomic mass is 16.5. The number of hydrogen-bond donors (Lipinski definition) is 3. The molecule has 0 saturated carbocycles. The second-order valence-electron chi connectivity index (χ2n) is 4.07. The summed E-state index contributed by atoms with van der Waals surface area (Å²) in [5, 5.41) is 11.5. The van der Waals surface area contributed by atoms with Crippen molar-refractivity contribution < 1.29 is 19.4 Å². The molecule has 0 unspecified atom stereocenters. The Kier molecular flexibility index (Phi) is 4.53. The van der Waals surface area contributed by atoms with Crippen LogP contribution in [0.2, 0.25) is 0 Å². The third-order valence-electron chi connectivity index (χ3n) is 2.07. The summed E-state index contributed by atoms with van der Waals surface area (Å²) in [7, 11) is 0. The average molecular weight is 252 g/mol. The molecule has 0 bridgehead atoms. The predicted molar refractivity (Wildman–Crippen MR) is 66.6 cm³/mol. The highest BCUT2D eigenvalue weighted by Gasteiger charge is 2.10. The summed E-state index contributed by atoms with van der Waals surface area (Å²) >= 11 is 0. The molecule has 1 aromatic rings. The molecule has 98 valence electrons. The van der Waals surface area contributed by atoms with Crippen molar-refractivity contribution >= 4 is 17.6 Å². The van der Waals surface area contributed by atoms with E-state index in [1.807, 2.05) is 13.8 Å². The van der Waals surface area contributed by atoms with Gasteiger partial charge in [-0.25, -0.2) is 4.79 Å². The van der Waals surface area contributed by atoms with E-state index in [0.717, 1.165) is 0 Å². The first-order chi connectivity index (χ1) is 8.40. The summed E-state index contributed by atoms with van der Waals surface area (Å²) in [6.45, 7) is 3.51. The minimum absolute atomic E-state index is 0.0297. The van der Waals surface area contributed by atoms with Crippen LogP contribution in [-0.2, 0) is 4.79 Å². The van der Waals surface area contributed by atoms with Gasteiger partial charge in [-0.15, -0.1) is 0 Å². The Morgan fingerprint density at radius 2 is 2.11 bits per heavy atom. The normalized spacial score (nSPS) is 10.2. The number of amides is 1. The number of anilines is 1. The van der Waals surface area contributed by atoms with Crippen LogP contribution in [-0.4, -0.2) is 29.6 Å². The van der Waals surface area contributed by atoms with Crippen LogP contribution in [0.25, 0.3) is 0 Å². The minimum atomic E-state index is -1.13. The Balaban J connectivity index is 2.66. The Morgan fingerprint density at radius 3 is 2.67 bits per heavy atom. The average Bonchev–Trinajstić information content (AvgIpc) is 2.26. The zero-order valence-electron chi connectivity index (χ0n) is 10.3. The van der Waals surface area contributed by atoms with Crippen molar-refractivity contribution in [2.75, 3.05) is 12.3 Å². The van der Waals surface area contributed by atoms with Crippen molar-refractivity contribution in [3.05, 3.63) is 23.8 Å². The molecule has 1 aromatic carbocycles. The van der Waals surface area contributed by atoms with Gasteiger partial charge >= 0.3 is 5.97 Å². The lowest BCUT2D eigenvalue weighted by atomic mass is 10.2. The molecule has 0 aliphatic carbocycles. The molecule has 0 aliphatic heterocycles. The molecular formula is C12H16N2O4. The van der Waals surface area contributed by atoms with Crippen molar-refractivity contribution in [2.45, 2.75) is 19.9 Å². The molecule has 6 nitrogen and oxygen atoms in total. The predicted octanol–water partition coefficient (Wildman–Crippen LogP) is 0.870. The van der Waals surface area contributed by atoms with Crippen molar-refractivity contribution in [1.29, 1.82) is 0 Å². The summed E-state index contributed by atoms with van der Waals surface area (Å²) in [6, 6.07) is 4.27. The summed E-state index contributed by atoms with van der Waals surface area (Å²) in [5.74, 6) is -1.11. The maximum absolute atomic E-state index is 11.3. The van der Waals surface area contributed by atoms with Gasteiger partial charge in [0.2, 0.25) is 0 Å². The molecule has 0 aromatic heterocycles. The zero-order chi connectivity index (χ0) is 13.7. The Bertz CT molecular complexity index is 457. The lowest BCUT2D eigenvalue weighted by molar-refractivity contribution is -0.123. The first kappa shape index (κ1) is 13.8. The molecule has 0 atom stereocenters. The molecule has 1 rings (SSSR count). The first-order valence-corrected chi connectivity index (χ1v) is 5.45. The van der Waals surface area contributed by atoms with Crippen LogP contribution in [0.15, 0.2) is 18.2 Å². The van der Waals surface area contributed by atoms with Gasteiger partial charge in [0.25, 0.3) is 5.91 Å². The first-order valence-electron chi connectivity index (χ1n) is 5.45. The van der Waals surface area contributed by atoms with Gasteiger partial charge < -0.3 is 20.9 Å². The van der Waals surface area contributed by atoms with E-state index in [2.05, 4.69) is 5.32 Å². The van der Waals surface area contributed by atoms with E-state index in [1.54, 1.807) is 0 Å². The van der Waals surface area contributed by atoms with E-state index in [0.29, 0.717) is 5.75 Å². The number of aromatic carboxylic acids is 1. The van der Waals surface area contributed by atoms with Gasteiger partial charge in [-0.3, -0.25) is 4.79 Å². The smallest absolute Gasteiger partial charge is 0.337 e. The van der Waals surface area contributed by atoms with Gasteiger partial charge in [0.05, 0.1) is 5.56 Å². The van der Waals surface area contributed by atoms with Crippen LogP contribution in [0.4, 0.5) is 5.69 Å². The number of rotatable bonds is 5. The third-order valence-corrected chi connectivity index (χ3v) is 2.07. The molecule has 6 heteroatoms. The topological polar surface area (TPSA) is 102 Å². The van der Waals surface area contributed by atoms with Crippen molar-refractivity contribution in [2.24, 2.45) is 0 Å². The van der Waals surface area contributed by atoms with E-state index < -0.39 is 5.97 Å². The number of nitrogen functional groups attached to an aromatic ring is 1. The quantitative estimate of drug-likeness (QED) is 0.675. The number of carboxylic acid groups (broad SMARTS) is 1. The Morgan fingerprint density at radius 1 is 1.44 bits per heavy atom. The van der Waals surface area contributed by atoms with Crippen LogP contribution in [0.1, 0.15) is 24.2 Å². The van der Waals surface area contributed by atoms with Crippen LogP contribution in [0.5, 0.6) is 5.75 Å². The number of benzene rings is 1. The maximum Gasteiger partial charge on any atom is 0.337 e. The van der Waals surface area contributed by atoms with Gasteiger partial charge in [0, 0.05) is 11.7 Å². The second kappa shape index (κ2) is 5.90. The fraction of sp³-hybridized carbons (Fsp3) is 0.333. The summed E-state index contributed by atoms with van der Waals surface area (Å²) in [4.78, 5) is 22.2. The lowest BCUT2D eigenvalue weighted by Gasteiger charge is -2.10. The minimum Gasteiger partial charge on any atom is -0.484 e. The number of hydrogen-bond acceptors (Lipinski definition) is 4. The van der Waals surface area contributed by atoms with Gasteiger partial charge in [-0.05, 0) is 32.0 Å². The number of ether oxygens (including phenoxy) is 1. The fourth-order valence-corrected chi connectivity index (χ4v) is 1.32. The van der Waals surface area contributed by atoms with Crippen LogP contribution in [0, 0.1) is 0 Å². The van der Waals surface area contributed by atoms with E-state index in [1.165, 1.54) is 18.2 Å².